The third-order valence-corrected chi connectivity index (χ3v) is 10.2. The normalized spacial score (nSPS) is 28.0. The number of carbonyl (C=O) groups excluding carboxylic acids is 1. The monoisotopic (exact) mass is 527 g/mol. The first kappa shape index (κ1) is 24.2. The molecule has 8 rings (SSSR count). The highest BCUT2D eigenvalue weighted by atomic mass is 32.1. The Morgan fingerprint density at radius 3 is 2.24 bits per heavy atom. The largest absolute Gasteiger partial charge is 0.457 e. The highest BCUT2D eigenvalue weighted by Gasteiger charge is 2.51. The fourth-order valence-corrected chi connectivity index (χ4v) is 8.90. The molecule has 0 atom stereocenters. The van der Waals surface area contributed by atoms with Gasteiger partial charge in [-0.15, -0.1) is 11.3 Å². The van der Waals surface area contributed by atoms with Crippen molar-refractivity contribution in [1.82, 2.24) is 9.88 Å². The van der Waals surface area contributed by atoms with Gasteiger partial charge in [-0.05, 0) is 112 Å². The van der Waals surface area contributed by atoms with Crippen LogP contribution in [0.2, 0.25) is 0 Å². The number of aryl methyl sites for hydroxylation is 1. The summed E-state index contributed by atoms with van der Waals surface area (Å²) >= 11 is 1.89. The van der Waals surface area contributed by atoms with Crippen LogP contribution in [0.4, 0.5) is 0 Å². The summed E-state index contributed by atoms with van der Waals surface area (Å²) in [6, 6.07) is 17.6. The van der Waals surface area contributed by atoms with Gasteiger partial charge in [-0.3, -0.25) is 9.79 Å². The van der Waals surface area contributed by atoms with Crippen LogP contribution in [0.15, 0.2) is 59.6 Å². The van der Waals surface area contributed by atoms with Crippen LogP contribution < -0.4 is 14.9 Å². The van der Waals surface area contributed by atoms with Crippen molar-refractivity contribution in [3.63, 3.8) is 0 Å². The molecule has 38 heavy (non-hydrogen) atoms. The number of ether oxygens (including phenoxy) is 1. The molecule has 5 aliphatic carbocycles. The van der Waals surface area contributed by atoms with Crippen LogP contribution in [0.5, 0.6) is 11.5 Å². The average Bonchev–Trinajstić information content (AvgIpc) is 3.68. The molecule has 5 aliphatic rings. The highest BCUT2D eigenvalue weighted by Crippen LogP contribution is 2.57. The first-order valence-electron chi connectivity index (χ1n) is 14.4. The Kier molecular flexibility index (Phi) is 6.18. The smallest absolute Gasteiger partial charge is 0.251 e. The molecule has 1 heterocycles. The van der Waals surface area contributed by atoms with Crippen LogP contribution in [0.1, 0.15) is 78.3 Å². The topological polar surface area (TPSA) is 55.6 Å². The lowest BCUT2D eigenvalue weighted by Crippen LogP contribution is -2.50. The van der Waals surface area contributed by atoms with Crippen molar-refractivity contribution in [1.29, 1.82) is 0 Å². The van der Waals surface area contributed by atoms with Gasteiger partial charge in [0.05, 0.1) is 5.54 Å². The van der Waals surface area contributed by atoms with Gasteiger partial charge < -0.3 is 14.6 Å². The summed E-state index contributed by atoms with van der Waals surface area (Å²) in [4.78, 5) is 21.1. The van der Waals surface area contributed by atoms with Gasteiger partial charge in [-0.2, -0.15) is 0 Å². The standard InChI is InChI=1S/C32H37N3O2S/c1-21-29(13-14-33-30(36)25-7-11-28(12-8-25)37-27-5-3-2-4-6-27)35(26-9-10-26)31(38-21)34-32-18-22-15-23(19-32)17-24(16-22)20-32/h2-8,11-12,22-24,26H,9-10,13-20H2,1H3,(H,33,36). The molecule has 0 unspecified atom stereocenters. The first-order chi connectivity index (χ1) is 18.5. The second-order valence-corrected chi connectivity index (χ2v) is 13.4. The van der Waals surface area contributed by atoms with Crippen molar-refractivity contribution in [2.45, 2.75) is 76.3 Å². The Bertz CT molecular complexity index is 1350. The first-order valence-corrected chi connectivity index (χ1v) is 15.2. The van der Waals surface area contributed by atoms with E-state index in [2.05, 4.69) is 16.8 Å². The van der Waals surface area contributed by atoms with Gasteiger partial charge in [-0.25, -0.2) is 0 Å². The van der Waals surface area contributed by atoms with Crippen molar-refractivity contribution in [2.24, 2.45) is 22.7 Å². The molecule has 2 aromatic carbocycles. The van der Waals surface area contributed by atoms with Crippen LogP contribution in [0.3, 0.4) is 0 Å². The molecule has 1 amide bonds. The van der Waals surface area contributed by atoms with Crippen LogP contribution in [0.25, 0.3) is 0 Å². The number of nitrogens with one attached hydrogen (secondary N) is 1. The average molecular weight is 528 g/mol. The minimum atomic E-state index is -0.0411. The van der Waals surface area contributed by atoms with Crippen molar-refractivity contribution in [3.05, 3.63) is 75.5 Å². The minimum Gasteiger partial charge on any atom is -0.457 e. The van der Waals surface area contributed by atoms with E-state index in [1.807, 2.05) is 65.9 Å². The van der Waals surface area contributed by atoms with Gasteiger partial charge in [-0.1, -0.05) is 18.2 Å². The lowest BCUT2D eigenvalue weighted by Gasteiger charge is -2.54. The number of benzene rings is 2. The number of rotatable bonds is 8. The maximum absolute atomic E-state index is 12.9. The lowest BCUT2D eigenvalue weighted by atomic mass is 9.53. The number of hydrogen-bond donors (Lipinski definition) is 1. The van der Waals surface area contributed by atoms with Crippen LogP contribution in [-0.4, -0.2) is 22.6 Å². The molecule has 5 nitrogen and oxygen atoms in total. The molecule has 1 N–H and O–H groups in total. The van der Waals surface area contributed by atoms with Crippen molar-refractivity contribution < 1.29 is 9.53 Å². The SMILES string of the molecule is Cc1sc(=NC23CC4CC(CC(C4)C2)C3)n(C2CC2)c1CCNC(=O)c1ccc(Oc2ccccc2)cc1. The van der Waals surface area contributed by atoms with Crippen molar-refractivity contribution in [2.75, 3.05) is 6.54 Å². The lowest BCUT2D eigenvalue weighted by molar-refractivity contribution is -0.000409. The number of carbonyl (C=O) groups is 1. The van der Waals surface area contributed by atoms with Gasteiger partial charge in [0.1, 0.15) is 11.5 Å². The molecule has 4 bridgehead atoms. The third-order valence-electron chi connectivity index (χ3n) is 9.14. The molecule has 0 saturated heterocycles. The number of hydrogen-bond acceptors (Lipinski definition) is 4. The highest BCUT2D eigenvalue weighted by molar-refractivity contribution is 7.09. The quantitative estimate of drug-likeness (QED) is 0.349. The van der Waals surface area contributed by atoms with E-state index in [1.54, 1.807) is 0 Å². The summed E-state index contributed by atoms with van der Waals surface area (Å²) in [5.74, 6) is 4.20. The minimum absolute atomic E-state index is 0.0411. The van der Waals surface area contributed by atoms with Gasteiger partial charge in [0.2, 0.25) is 0 Å². The summed E-state index contributed by atoms with van der Waals surface area (Å²) in [5, 5.41) is 3.15. The maximum atomic E-state index is 12.9. The molecule has 5 saturated carbocycles. The fraction of sp³-hybridized carbons (Fsp3) is 0.500. The molecular weight excluding hydrogens is 490 g/mol. The van der Waals surface area contributed by atoms with Gasteiger partial charge in [0, 0.05) is 35.1 Å². The summed E-state index contributed by atoms with van der Waals surface area (Å²) in [6.07, 6.45) is 11.6. The summed E-state index contributed by atoms with van der Waals surface area (Å²) in [5.41, 5.74) is 2.22. The van der Waals surface area contributed by atoms with Crippen LogP contribution in [-0.2, 0) is 6.42 Å². The Hall–Kier alpha value is -2.86. The summed E-state index contributed by atoms with van der Waals surface area (Å²) < 4.78 is 8.41. The molecule has 3 aromatic rings. The number of aromatic nitrogens is 1. The molecule has 6 heteroatoms. The second kappa shape index (κ2) is 9.71. The van der Waals surface area contributed by atoms with E-state index in [0.717, 1.165) is 35.7 Å². The third kappa shape index (κ3) is 4.84. The predicted molar refractivity (Wildman–Crippen MR) is 151 cm³/mol. The van der Waals surface area contributed by atoms with E-state index in [4.69, 9.17) is 9.73 Å². The number of amides is 1. The van der Waals surface area contributed by atoms with Crippen molar-refractivity contribution in [3.8, 4) is 11.5 Å². The van der Waals surface area contributed by atoms with E-state index in [-0.39, 0.29) is 11.4 Å². The molecule has 198 valence electrons. The van der Waals surface area contributed by atoms with Crippen molar-refractivity contribution >= 4 is 17.2 Å². The number of nitrogens with zero attached hydrogens (tertiary/aromatic N) is 2. The van der Waals surface area contributed by atoms with E-state index in [9.17, 15) is 4.79 Å². The zero-order chi connectivity index (χ0) is 25.7. The Balaban J connectivity index is 1.03. The van der Waals surface area contributed by atoms with E-state index in [1.165, 1.54) is 66.7 Å². The molecular formula is C32H37N3O2S. The second-order valence-electron chi connectivity index (χ2n) is 12.2. The Morgan fingerprint density at radius 1 is 0.974 bits per heavy atom. The van der Waals surface area contributed by atoms with Gasteiger partial charge in [0.15, 0.2) is 4.80 Å². The fourth-order valence-electron chi connectivity index (χ4n) is 7.71. The molecule has 5 fully saturated rings. The number of para-hydroxylation sites is 1. The Morgan fingerprint density at radius 2 is 1.61 bits per heavy atom. The van der Waals surface area contributed by atoms with Crippen LogP contribution in [0, 0.1) is 24.7 Å². The molecule has 1 aromatic heterocycles. The van der Waals surface area contributed by atoms with E-state index >= 15 is 0 Å². The Labute approximate surface area is 229 Å². The zero-order valence-electron chi connectivity index (χ0n) is 22.2. The van der Waals surface area contributed by atoms with Gasteiger partial charge >= 0.3 is 0 Å². The van der Waals surface area contributed by atoms with E-state index < -0.39 is 0 Å². The zero-order valence-corrected chi connectivity index (χ0v) is 23.0. The number of thiazole rings is 1. The van der Waals surface area contributed by atoms with Gasteiger partial charge in [0.25, 0.3) is 5.91 Å². The molecule has 0 aliphatic heterocycles. The molecule has 0 radical (unpaired) electrons. The molecule has 0 spiro atoms. The predicted octanol–water partition coefficient (Wildman–Crippen LogP) is 6.83. The summed E-state index contributed by atoms with van der Waals surface area (Å²) in [6.45, 7) is 2.87. The van der Waals surface area contributed by atoms with E-state index in [0.29, 0.717) is 18.2 Å². The maximum Gasteiger partial charge on any atom is 0.251 e. The summed E-state index contributed by atoms with van der Waals surface area (Å²) in [7, 11) is 0. The van der Waals surface area contributed by atoms with Crippen LogP contribution >= 0.6 is 11.3 Å².